The molecule has 1 aromatic heterocycles. The predicted molar refractivity (Wildman–Crippen MR) is 74.4 cm³/mol. The van der Waals surface area contributed by atoms with E-state index in [1.807, 2.05) is 14.1 Å². The molecule has 1 aromatic rings. The van der Waals surface area contributed by atoms with Gasteiger partial charge in [-0.25, -0.2) is 0 Å². The average molecular weight is 282 g/mol. The first-order valence-electron chi connectivity index (χ1n) is 6.59. The van der Waals surface area contributed by atoms with E-state index >= 15 is 0 Å². The van der Waals surface area contributed by atoms with Crippen LogP contribution < -0.4 is 0 Å². The van der Waals surface area contributed by atoms with Gasteiger partial charge in [-0.05, 0) is 39.2 Å². The van der Waals surface area contributed by atoms with Crippen LogP contribution in [0, 0.1) is 0 Å². The van der Waals surface area contributed by atoms with Gasteiger partial charge >= 0.3 is 5.97 Å². The van der Waals surface area contributed by atoms with Gasteiger partial charge in [0.15, 0.2) is 5.76 Å². The van der Waals surface area contributed by atoms with Gasteiger partial charge in [0.05, 0.1) is 19.8 Å². The molecule has 0 atom stereocenters. The first-order chi connectivity index (χ1) is 9.54. The van der Waals surface area contributed by atoms with Gasteiger partial charge in [-0.2, -0.15) is 0 Å². The molecule has 0 spiro atoms. The molecule has 6 heteroatoms. The van der Waals surface area contributed by atoms with Crippen LogP contribution >= 0.6 is 0 Å². The van der Waals surface area contributed by atoms with Crippen molar-refractivity contribution in [1.29, 1.82) is 0 Å². The molecule has 0 aromatic carbocycles. The van der Waals surface area contributed by atoms with Gasteiger partial charge in [-0.3, -0.25) is 9.59 Å². The number of amides is 1. The van der Waals surface area contributed by atoms with Crippen LogP contribution in [0.25, 0.3) is 0 Å². The smallest absolute Gasteiger partial charge is 0.307 e. The number of carbonyl (C=O) groups excluding carboxylic acids is 2. The number of esters is 1. The number of methoxy groups -OCH3 is 1. The second-order valence-electron chi connectivity index (χ2n) is 4.75. The molecule has 0 saturated carbocycles. The van der Waals surface area contributed by atoms with E-state index in [0.717, 1.165) is 13.0 Å². The first-order valence-corrected chi connectivity index (χ1v) is 6.59. The highest BCUT2D eigenvalue weighted by Gasteiger charge is 2.19. The third kappa shape index (κ3) is 5.44. The number of furan rings is 1. The summed E-state index contributed by atoms with van der Waals surface area (Å²) in [6.45, 7) is 1.79. The summed E-state index contributed by atoms with van der Waals surface area (Å²) in [5.74, 6) is -0.229. The van der Waals surface area contributed by atoms with Crippen molar-refractivity contribution in [3.63, 3.8) is 0 Å². The Labute approximate surface area is 119 Å². The molecular formula is C14H22N2O4. The summed E-state index contributed by atoms with van der Waals surface area (Å²) in [7, 11) is 5.30. The number of hydrogen-bond donors (Lipinski definition) is 0. The van der Waals surface area contributed by atoms with Crippen molar-refractivity contribution in [3.8, 4) is 0 Å². The fourth-order valence-electron chi connectivity index (χ4n) is 1.78. The minimum Gasteiger partial charge on any atom is -0.469 e. The van der Waals surface area contributed by atoms with Crippen LogP contribution in [0.5, 0.6) is 0 Å². The van der Waals surface area contributed by atoms with Crippen LogP contribution in [-0.2, 0) is 9.53 Å². The second kappa shape index (κ2) is 8.37. The maximum Gasteiger partial charge on any atom is 0.307 e. The summed E-state index contributed by atoms with van der Waals surface area (Å²) >= 11 is 0. The third-order valence-electron chi connectivity index (χ3n) is 2.87. The summed E-state index contributed by atoms with van der Waals surface area (Å²) in [5, 5.41) is 0. The molecule has 0 radical (unpaired) electrons. The molecule has 0 aliphatic heterocycles. The minimum atomic E-state index is -0.324. The molecule has 6 nitrogen and oxygen atoms in total. The zero-order valence-electron chi connectivity index (χ0n) is 12.3. The molecule has 0 aliphatic rings. The molecular weight excluding hydrogens is 260 g/mol. The molecule has 1 heterocycles. The lowest BCUT2D eigenvalue weighted by Crippen LogP contribution is -2.35. The van der Waals surface area contributed by atoms with Gasteiger partial charge in [-0.1, -0.05) is 0 Å². The monoisotopic (exact) mass is 282 g/mol. The lowest BCUT2D eigenvalue weighted by molar-refractivity contribution is -0.140. The third-order valence-corrected chi connectivity index (χ3v) is 2.87. The highest BCUT2D eigenvalue weighted by molar-refractivity contribution is 5.91. The number of nitrogens with zero attached hydrogens (tertiary/aromatic N) is 2. The molecule has 0 fully saturated rings. The van der Waals surface area contributed by atoms with Gasteiger partial charge < -0.3 is 19.0 Å². The van der Waals surface area contributed by atoms with Crippen molar-refractivity contribution < 1.29 is 18.7 Å². The predicted octanol–water partition coefficient (Wildman–Crippen LogP) is 1.24. The Morgan fingerprint density at radius 2 is 2.00 bits per heavy atom. The maximum atomic E-state index is 12.2. The Balaban J connectivity index is 2.58. The van der Waals surface area contributed by atoms with Crippen LogP contribution in [-0.4, -0.2) is 62.5 Å². The molecule has 20 heavy (non-hydrogen) atoms. The van der Waals surface area contributed by atoms with Gasteiger partial charge in [0.1, 0.15) is 0 Å². The Morgan fingerprint density at radius 1 is 1.25 bits per heavy atom. The van der Waals surface area contributed by atoms with Crippen LogP contribution in [0.15, 0.2) is 22.8 Å². The van der Waals surface area contributed by atoms with Crippen LogP contribution in [0.4, 0.5) is 0 Å². The van der Waals surface area contributed by atoms with Crippen LogP contribution in [0.3, 0.4) is 0 Å². The van der Waals surface area contributed by atoms with Crippen molar-refractivity contribution in [2.45, 2.75) is 12.8 Å². The van der Waals surface area contributed by atoms with Crippen molar-refractivity contribution >= 4 is 11.9 Å². The number of carbonyl (C=O) groups is 2. The topological polar surface area (TPSA) is 63.0 Å². The zero-order valence-corrected chi connectivity index (χ0v) is 12.3. The van der Waals surface area contributed by atoms with Gasteiger partial charge in [0.2, 0.25) is 0 Å². The van der Waals surface area contributed by atoms with Crippen molar-refractivity contribution in [1.82, 2.24) is 9.80 Å². The summed E-state index contributed by atoms with van der Waals surface area (Å²) < 4.78 is 9.72. The minimum absolute atomic E-state index is 0.185. The highest BCUT2D eigenvalue weighted by atomic mass is 16.5. The highest BCUT2D eigenvalue weighted by Crippen LogP contribution is 2.07. The fourth-order valence-corrected chi connectivity index (χ4v) is 1.78. The zero-order chi connectivity index (χ0) is 15.0. The lowest BCUT2D eigenvalue weighted by Gasteiger charge is -2.22. The Kier molecular flexibility index (Phi) is 6.79. The van der Waals surface area contributed by atoms with Crippen LogP contribution in [0.1, 0.15) is 23.4 Å². The van der Waals surface area contributed by atoms with Crippen molar-refractivity contribution in [2.75, 3.05) is 40.8 Å². The molecule has 1 rings (SSSR count). The average Bonchev–Trinajstić information content (AvgIpc) is 2.95. The van der Waals surface area contributed by atoms with Crippen molar-refractivity contribution in [2.24, 2.45) is 0 Å². The van der Waals surface area contributed by atoms with E-state index in [4.69, 9.17) is 4.42 Å². The van der Waals surface area contributed by atoms with Crippen LogP contribution in [0.2, 0.25) is 0 Å². The molecule has 0 bridgehead atoms. The van der Waals surface area contributed by atoms with E-state index in [2.05, 4.69) is 9.64 Å². The second-order valence-corrected chi connectivity index (χ2v) is 4.75. The van der Waals surface area contributed by atoms with E-state index < -0.39 is 0 Å². The standard InChI is InChI=1S/C14H22N2O4/c1-15(2)8-5-9-16(10-7-13(17)19-3)14(18)12-6-4-11-20-12/h4,6,11H,5,7-10H2,1-3H3. The largest absolute Gasteiger partial charge is 0.469 e. The summed E-state index contributed by atoms with van der Waals surface area (Å²) in [5.41, 5.74) is 0. The molecule has 0 N–H and O–H groups in total. The van der Waals surface area contributed by atoms with E-state index in [-0.39, 0.29) is 18.3 Å². The molecule has 0 saturated heterocycles. The molecule has 0 unspecified atom stereocenters. The van der Waals surface area contributed by atoms with Gasteiger partial charge in [0.25, 0.3) is 5.91 Å². The molecule has 0 aliphatic carbocycles. The normalized spacial score (nSPS) is 10.6. The number of hydrogen-bond acceptors (Lipinski definition) is 5. The van der Waals surface area contributed by atoms with E-state index in [0.29, 0.717) is 18.8 Å². The Hall–Kier alpha value is -1.82. The summed E-state index contributed by atoms with van der Waals surface area (Å²) in [4.78, 5) is 27.1. The summed E-state index contributed by atoms with van der Waals surface area (Å²) in [6, 6.07) is 3.30. The number of ether oxygens (including phenoxy) is 1. The molecule has 112 valence electrons. The van der Waals surface area contributed by atoms with Crippen molar-refractivity contribution in [3.05, 3.63) is 24.2 Å². The van der Waals surface area contributed by atoms with E-state index in [1.54, 1.807) is 17.0 Å². The maximum absolute atomic E-state index is 12.2. The Bertz CT molecular complexity index is 415. The molecule has 1 amide bonds. The Morgan fingerprint density at radius 3 is 2.55 bits per heavy atom. The van der Waals surface area contributed by atoms with Gasteiger partial charge in [0, 0.05) is 13.1 Å². The first kappa shape index (κ1) is 16.2. The van der Waals surface area contributed by atoms with E-state index in [1.165, 1.54) is 13.4 Å². The fraction of sp³-hybridized carbons (Fsp3) is 0.571. The van der Waals surface area contributed by atoms with E-state index in [9.17, 15) is 9.59 Å². The summed E-state index contributed by atoms with van der Waals surface area (Å²) in [6.07, 6.45) is 2.48. The SMILES string of the molecule is COC(=O)CCN(CCCN(C)C)C(=O)c1ccco1. The van der Waals surface area contributed by atoms with Gasteiger partial charge in [-0.15, -0.1) is 0 Å². The lowest BCUT2D eigenvalue weighted by atomic mass is 10.3. The number of rotatable bonds is 8. The quantitative estimate of drug-likeness (QED) is 0.671.